The number of hydrogen-bond acceptors (Lipinski definition) is 5. The zero-order valence-corrected chi connectivity index (χ0v) is 12.7. The number of aromatic nitrogens is 2. The number of carbonyl (C=O) groups is 2. The number of nitrogens with zero attached hydrogens (tertiary/aromatic N) is 4. The third-order valence-electron chi connectivity index (χ3n) is 4.52. The largest absolute Gasteiger partial charge is 0.369 e. The lowest BCUT2D eigenvalue weighted by Crippen LogP contribution is -2.46. The lowest BCUT2D eigenvalue weighted by atomic mass is 10.0. The number of hydrogen-bond donors (Lipinski definition) is 1. The Hall–Kier alpha value is -2.18. The molecule has 22 heavy (non-hydrogen) atoms. The van der Waals surface area contributed by atoms with Crippen LogP contribution in [0.1, 0.15) is 24.8 Å². The van der Waals surface area contributed by atoms with Crippen molar-refractivity contribution in [2.75, 3.05) is 24.5 Å². The maximum atomic E-state index is 12.1. The average molecular weight is 303 g/mol. The van der Waals surface area contributed by atoms with E-state index in [4.69, 9.17) is 5.73 Å². The summed E-state index contributed by atoms with van der Waals surface area (Å²) in [6.45, 7) is 4.07. The highest BCUT2D eigenvalue weighted by Crippen LogP contribution is 2.26. The predicted molar refractivity (Wildman–Crippen MR) is 81.0 cm³/mol. The Bertz CT molecular complexity index is 566. The van der Waals surface area contributed by atoms with Crippen LogP contribution in [0.2, 0.25) is 0 Å². The molecule has 1 atom stereocenters. The number of primary amides is 1. The van der Waals surface area contributed by atoms with Crippen molar-refractivity contribution in [3.8, 4) is 0 Å². The van der Waals surface area contributed by atoms with Crippen LogP contribution in [0.5, 0.6) is 0 Å². The normalized spacial score (nSPS) is 23.1. The number of rotatable bonds is 3. The summed E-state index contributed by atoms with van der Waals surface area (Å²) in [7, 11) is 0. The molecule has 7 nitrogen and oxygen atoms in total. The molecular formula is C15H21N5O2. The minimum absolute atomic E-state index is 0.0498. The molecule has 2 N–H and O–H groups in total. The Labute approximate surface area is 129 Å². The van der Waals surface area contributed by atoms with Crippen LogP contribution in [-0.2, 0) is 9.59 Å². The van der Waals surface area contributed by atoms with Crippen molar-refractivity contribution in [3.63, 3.8) is 0 Å². The molecule has 2 fully saturated rings. The van der Waals surface area contributed by atoms with Crippen molar-refractivity contribution < 1.29 is 9.59 Å². The smallest absolute Gasteiger partial charge is 0.225 e. The zero-order chi connectivity index (χ0) is 15.7. The van der Waals surface area contributed by atoms with Gasteiger partial charge in [0.1, 0.15) is 0 Å². The summed E-state index contributed by atoms with van der Waals surface area (Å²) in [6, 6.07) is 0.193. The molecule has 7 heteroatoms. The second-order valence-corrected chi connectivity index (χ2v) is 6.13. The molecule has 0 aromatic carbocycles. The van der Waals surface area contributed by atoms with Crippen LogP contribution in [-0.4, -0.2) is 52.4 Å². The SMILES string of the molecule is Cc1cnc(N2CCC(N3CC(C(N)=O)CC3=O)CC2)nc1. The number of piperidine rings is 1. The molecule has 0 saturated carbocycles. The standard InChI is InChI=1S/C15H21N5O2/c1-10-7-17-15(18-8-10)19-4-2-12(3-5-19)20-9-11(14(16)22)6-13(20)21/h7-8,11-12H,2-6,9H2,1H3,(H2,16,22). The van der Waals surface area contributed by atoms with Crippen LogP contribution in [0.25, 0.3) is 0 Å². The van der Waals surface area contributed by atoms with E-state index < -0.39 is 0 Å². The summed E-state index contributed by atoms with van der Waals surface area (Å²) in [5.41, 5.74) is 6.36. The molecule has 3 heterocycles. The molecule has 1 aromatic rings. The van der Waals surface area contributed by atoms with Gasteiger partial charge < -0.3 is 15.5 Å². The highest BCUT2D eigenvalue weighted by molar-refractivity contribution is 5.88. The van der Waals surface area contributed by atoms with Crippen LogP contribution in [0, 0.1) is 12.8 Å². The molecule has 2 aliphatic rings. The quantitative estimate of drug-likeness (QED) is 0.854. The highest BCUT2D eigenvalue weighted by atomic mass is 16.2. The molecule has 2 aliphatic heterocycles. The van der Waals surface area contributed by atoms with E-state index in [0.717, 1.165) is 37.4 Å². The van der Waals surface area contributed by atoms with Gasteiger partial charge in [-0.3, -0.25) is 9.59 Å². The van der Waals surface area contributed by atoms with Gasteiger partial charge in [-0.25, -0.2) is 9.97 Å². The van der Waals surface area contributed by atoms with Gasteiger partial charge in [-0.05, 0) is 25.3 Å². The van der Waals surface area contributed by atoms with Crippen LogP contribution in [0.3, 0.4) is 0 Å². The van der Waals surface area contributed by atoms with E-state index in [1.165, 1.54) is 0 Å². The zero-order valence-electron chi connectivity index (χ0n) is 12.7. The lowest BCUT2D eigenvalue weighted by Gasteiger charge is -2.36. The molecule has 0 bridgehead atoms. The van der Waals surface area contributed by atoms with Gasteiger partial charge in [-0.1, -0.05) is 0 Å². The van der Waals surface area contributed by atoms with Gasteiger partial charge in [0.15, 0.2) is 0 Å². The van der Waals surface area contributed by atoms with Crippen LogP contribution in [0.15, 0.2) is 12.4 Å². The molecular weight excluding hydrogens is 282 g/mol. The van der Waals surface area contributed by atoms with E-state index in [0.29, 0.717) is 6.54 Å². The van der Waals surface area contributed by atoms with Gasteiger partial charge in [-0.15, -0.1) is 0 Å². The first-order chi connectivity index (χ1) is 10.5. The van der Waals surface area contributed by atoms with Crippen molar-refractivity contribution in [1.82, 2.24) is 14.9 Å². The Morgan fingerprint density at radius 2 is 1.91 bits per heavy atom. The molecule has 0 aliphatic carbocycles. The monoisotopic (exact) mass is 303 g/mol. The van der Waals surface area contributed by atoms with Crippen LogP contribution >= 0.6 is 0 Å². The second kappa shape index (κ2) is 5.90. The number of aryl methyl sites for hydroxylation is 1. The first-order valence-electron chi connectivity index (χ1n) is 7.67. The molecule has 118 valence electrons. The van der Waals surface area contributed by atoms with Gasteiger partial charge in [0.2, 0.25) is 17.8 Å². The molecule has 3 rings (SSSR count). The predicted octanol–water partition coefficient (Wildman–Crippen LogP) is 0.0876. The van der Waals surface area contributed by atoms with E-state index in [9.17, 15) is 9.59 Å². The van der Waals surface area contributed by atoms with E-state index in [1.54, 1.807) is 0 Å². The average Bonchev–Trinajstić information content (AvgIpc) is 2.91. The third kappa shape index (κ3) is 2.88. The van der Waals surface area contributed by atoms with E-state index in [-0.39, 0.29) is 30.2 Å². The van der Waals surface area contributed by atoms with Gasteiger partial charge >= 0.3 is 0 Å². The van der Waals surface area contributed by atoms with E-state index >= 15 is 0 Å². The Balaban J connectivity index is 1.59. The second-order valence-electron chi connectivity index (χ2n) is 6.13. The number of nitrogens with two attached hydrogens (primary N) is 1. The number of carbonyl (C=O) groups excluding carboxylic acids is 2. The van der Waals surface area contributed by atoms with Crippen molar-refractivity contribution in [1.29, 1.82) is 0 Å². The fourth-order valence-corrected chi connectivity index (χ4v) is 3.20. The number of anilines is 1. The fraction of sp³-hybridized carbons (Fsp3) is 0.600. The summed E-state index contributed by atoms with van der Waals surface area (Å²) in [4.78, 5) is 36.0. The fourth-order valence-electron chi connectivity index (χ4n) is 3.20. The van der Waals surface area contributed by atoms with E-state index in [1.807, 2.05) is 24.2 Å². The lowest BCUT2D eigenvalue weighted by molar-refractivity contribution is -0.130. The Kier molecular flexibility index (Phi) is 3.96. The molecule has 2 amide bonds. The maximum absolute atomic E-state index is 12.1. The first-order valence-corrected chi connectivity index (χ1v) is 7.67. The highest BCUT2D eigenvalue weighted by Gasteiger charge is 2.38. The summed E-state index contributed by atoms with van der Waals surface area (Å²) in [5.74, 6) is 0.0907. The molecule has 1 unspecified atom stereocenters. The summed E-state index contributed by atoms with van der Waals surface area (Å²) in [6.07, 6.45) is 5.63. The van der Waals surface area contributed by atoms with Gasteiger partial charge in [-0.2, -0.15) is 0 Å². The Morgan fingerprint density at radius 3 is 2.45 bits per heavy atom. The topological polar surface area (TPSA) is 92.4 Å². The van der Waals surface area contributed by atoms with Crippen LogP contribution < -0.4 is 10.6 Å². The number of likely N-dealkylation sites (tertiary alicyclic amines) is 1. The van der Waals surface area contributed by atoms with Gasteiger partial charge in [0.05, 0.1) is 5.92 Å². The molecule has 1 aromatic heterocycles. The molecule has 0 spiro atoms. The van der Waals surface area contributed by atoms with E-state index in [2.05, 4.69) is 14.9 Å². The summed E-state index contributed by atoms with van der Waals surface area (Å²) < 4.78 is 0. The maximum Gasteiger partial charge on any atom is 0.225 e. The summed E-state index contributed by atoms with van der Waals surface area (Å²) in [5, 5.41) is 0. The first kappa shape index (κ1) is 14.7. The molecule has 2 saturated heterocycles. The molecule has 0 radical (unpaired) electrons. The summed E-state index contributed by atoms with van der Waals surface area (Å²) >= 11 is 0. The van der Waals surface area contributed by atoms with Crippen molar-refractivity contribution >= 4 is 17.8 Å². The number of amides is 2. The minimum Gasteiger partial charge on any atom is -0.369 e. The Morgan fingerprint density at radius 1 is 1.27 bits per heavy atom. The van der Waals surface area contributed by atoms with Crippen molar-refractivity contribution in [2.45, 2.75) is 32.2 Å². The van der Waals surface area contributed by atoms with Crippen molar-refractivity contribution in [3.05, 3.63) is 18.0 Å². The van der Waals surface area contributed by atoms with Crippen LogP contribution in [0.4, 0.5) is 5.95 Å². The van der Waals surface area contributed by atoms with Gasteiger partial charge in [0.25, 0.3) is 0 Å². The van der Waals surface area contributed by atoms with Gasteiger partial charge in [0, 0.05) is 44.5 Å². The minimum atomic E-state index is -0.374. The third-order valence-corrected chi connectivity index (χ3v) is 4.52. The van der Waals surface area contributed by atoms with Crippen molar-refractivity contribution in [2.24, 2.45) is 11.7 Å².